The fourth-order valence-electron chi connectivity index (χ4n) is 2.49. The van der Waals surface area contributed by atoms with Gasteiger partial charge in [-0.15, -0.1) is 0 Å². The Morgan fingerprint density at radius 2 is 2.24 bits per heavy atom. The zero-order chi connectivity index (χ0) is 17.6. The Hall–Kier alpha value is -2.50. The van der Waals surface area contributed by atoms with Crippen molar-refractivity contribution < 1.29 is 13.7 Å². The summed E-state index contributed by atoms with van der Waals surface area (Å²) in [5.74, 6) is -1.23. The number of hydrogen-bond acceptors (Lipinski definition) is 5. The fraction of sp³-hybridized carbons (Fsp3) is 0.333. The zero-order valence-corrected chi connectivity index (χ0v) is 11.1. The van der Waals surface area contributed by atoms with Crippen molar-refractivity contribution in [2.24, 2.45) is 0 Å². The summed E-state index contributed by atoms with van der Waals surface area (Å²) in [6, 6.07) is 3.21. The van der Waals surface area contributed by atoms with Gasteiger partial charge in [0.25, 0.3) is 5.56 Å². The molecule has 0 radical (unpaired) electrons. The molecule has 1 heterocycles. The van der Waals surface area contributed by atoms with E-state index in [0.717, 1.165) is 4.57 Å². The van der Waals surface area contributed by atoms with Gasteiger partial charge in [-0.3, -0.25) is 19.0 Å². The summed E-state index contributed by atoms with van der Waals surface area (Å²) in [6.45, 7) is -0.409. The molecule has 0 amide bonds. The first-order valence-corrected chi connectivity index (χ1v) is 6.39. The lowest BCUT2D eigenvalue weighted by molar-refractivity contribution is -0.132. The Morgan fingerprint density at radius 1 is 1.43 bits per heavy atom. The monoisotopic (exact) mass is 288 g/mol. The van der Waals surface area contributed by atoms with Crippen LogP contribution in [0, 0.1) is 6.90 Å². The number of rotatable bonds is 1. The van der Waals surface area contributed by atoms with Gasteiger partial charge in [-0.1, -0.05) is 6.07 Å². The maximum absolute atomic E-state index is 12.9. The van der Waals surface area contributed by atoms with Crippen LogP contribution in [-0.2, 0) is 9.59 Å². The summed E-state index contributed by atoms with van der Waals surface area (Å²) in [5, 5.41) is 0.0789. The summed E-state index contributed by atoms with van der Waals surface area (Å²) in [7, 11) is 0. The molecule has 1 aromatic carbocycles. The molecule has 6 nitrogen and oxygen atoms in total. The Kier molecular flexibility index (Phi) is 2.35. The zero-order valence-electron chi connectivity index (χ0n) is 14.1. The third-order valence-corrected chi connectivity index (χ3v) is 3.46. The Balaban J connectivity index is 2.35. The molecule has 2 aromatic rings. The van der Waals surface area contributed by atoms with Crippen LogP contribution >= 0.6 is 0 Å². The molecule has 0 aliphatic heterocycles. The van der Waals surface area contributed by atoms with Gasteiger partial charge in [0.15, 0.2) is 5.78 Å². The number of nitrogens with two attached hydrogens (primary N) is 1. The number of Topliss-reactive ketones (excluding diaryl/α,β-unsaturated/α-hetero) is 2. The van der Waals surface area contributed by atoms with Crippen molar-refractivity contribution in [2.75, 3.05) is 5.73 Å². The molecule has 2 N–H and O–H groups in total. The van der Waals surface area contributed by atoms with E-state index in [2.05, 4.69) is 4.98 Å². The third-order valence-electron chi connectivity index (χ3n) is 3.46. The number of hydrogen-bond donors (Lipinski definition) is 1. The van der Waals surface area contributed by atoms with Gasteiger partial charge in [0.1, 0.15) is 11.6 Å². The van der Waals surface area contributed by atoms with E-state index in [1.807, 2.05) is 0 Å². The topological polar surface area (TPSA) is 95.0 Å². The SMILES string of the molecule is [2H]Cc1nc2cccc(N)c2c(=O)n1C1C(=O)CC(=O)CC1([2H])[2H]. The second-order valence-corrected chi connectivity index (χ2v) is 4.91. The van der Waals surface area contributed by atoms with Crippen LogP contribution in [-0.4, -0.2) is 21.1 Å². The van der Waals surface area contributed by atoms with E-state index in [9.17, 15) is 14.4 Å². The van der Waals surface area contributed by atoms with Gasteiger partial charge in [0.05, 0.1) is 23.4 Å². The standard InChI is InChI=1S/C15H15N3O3/c1-8-17-11-4-2-3-10(16)14(11)15(21)18(8)12-6-5-9(19)7-13(12)20/h2-4,12H,5-7,16H2,1H3/i1D,6D2. The maximum Gasteiger partial charge on any atom is 0.264 e. The average Bonchev–Trinajstić information content (AvgIpc) is 2.47. The Morgan fingerprint density at radius 3 is 2.95 bits per heavy atom. The second kappa shape index (κ2) is 4.80. The van der Waals surface area contributed by atoms with Crippen LogP contribution < -0.4 is 11.3 Å². The highest BCUT2D eigenvalue weighted by atomic mass is 16.2. The minimum Gasteiger partial charge on any atom is -0.398 e. The van der Waals surface area contributed by atoms with E-state index < -0.39 is 49.3 Å². The first-order chi connectivity index (χ1) is 11.3. The molecule has 1 unspecified atom stereocenters. The van der Waals surface area contributed by atoms with Crippen LogP contribution in [0.4, 0.5) is 5.69 Å². The molecule has 1 aliphatic carbocycles. The number of benzene rings is 1. The largest absolute Gasteiger partial charge is 0.398 e. The van der Waals surface area contributed by atoms with E-state index in [-0.39, 0.29) is 16.9 Å². The minimum absolute atomic E-state index is 0.0327. The molecular formula is C15H15N3O3. The van der Waals surface area contributed by atoms with E-state index in [0.29, 0.717) is 5.52 Å². The van der Waals surface area contributed by atoms with Crippen LogP contribution in [0.5, 0.6) is 0 Å². The van der Waals surface area contributed by atoms with Gasteiger partial charge >= 0.3 is 0 Å². The molecule has 1 aliphatic rings. The van der Waals surface area contributed by atoms with E-state index >= 15 is 0 Å². The molecule has 108 valence electrons. The summed E-state index contributed by atoms with van der Waals surface area (Å²) in [4.78, 5) is 41.0. The number of carbonyl (C=O) groups is 2. The Bertz CT molecular complexity index is 923. The van der Waals surface area contributed by atoms with Gasteiger partial charge in [0, 0.05) is 16.2 Å². The second-order valence-electron chi connectivity index (χ2n) is 4.91. The van der Waals surface area contributed by atoms with Gasteiger partial charge in [0.2, 0.25) is 0 Å². The van der Waals surface area contributed by atoms with Gasteiger partial charge in [-0.2, -0.15) is 0 Å². The molecule has 3 rings (SSSR count). The maximum atomic E-state index is 12.9. The smallest absolute Gasteiger partial charge is 0.264 e. The lowest BCUT2D eigenvalue weighted by Gasteiger charge is -2.24. The molecule has 6 heteroatoms. The first kappa shape index (κ1) is 10.3. The molecule has 0 bridgehead atoms. The predicted molar refractivity (Wildman–Crippen MR) is 78.1 cm³/mol. The molecule has 0 spiro atoms. The highest BCUT2D eigenvalue weighted by Crippen LogP contribution is 2.24. The molecule has 1 aromatic heterocycles. The molecular weight excluding hydrogens is 270 g/mol. The molecule has 1 fully saturated rings. The van der Waals surface area contributed by atoms with Crippen molar-refractivity contribution in [3.63, 3.8) is 0 Å². The normalized spacial score (nSPS) is 23.6. The van der Waals surface area contributed by atoms with Crippen LogP contribution in [0.3, 0.4) is 0 Å². The van der Waals surface area contributed by atoms with Crippen molar-refractivity contribution in [2.45, 2.75) is 32.2 Å². The predicted octanol–water partition coefficient (Wildman–Crippen LogP) is 1.15. The number of nitrogens with zero attached hydrogens (tertiary/aromatic N) is 2. The van der Waals surface area contributed by atoms with Gasteiger partial charge < -0.3 is 5.73 Å². The van der Waals surface area contributed by atoms with Crippen LogP contribution in [0.2, 0.25) is 0 Å². The number of aromatic nitrogens is 2. The highest BCUT2D eigenvalue weighted by molar-refractivity contribution is 6.03. The molecule has 1 atom stereocenters. The molecule has 1 saturated carbocycles. The summed E-state index contributed by atoms with van der Waals surface area (Å²) in [5.41, 5.74) is 5.62. The van der Waals surface area contributed by atoms with E-state index in [1.54, 1.807) is 12.1 Å². The number of aryl methyl sites for hydroxylation is 1. The van der Waals surface area contributed by atoms with Crippen molar-refractivity contribution in [3.8, 4) is 0 Å². The number of nitrogen functional groups attached to an aromatic ring is 1. The molecule has 21 heavy (non-hydrogen) atoms. The number of carbonyl (C=O) groups excluding carboxylic acids is 2. The van der Waals surface area contributed by atoms with E-state index in [1.165, 1.54) is 6.07 Å². The number of ketones is 2. The Labute approximate surface area is 124 Å². The quantitative estimate of drug-likeness (QED) is 0.627. The summed E-state index contributed by atoms with van der Waals surface area (Å²) >= 11 is 0. The van der Waals surface area contributed by atoms with Crippen LogP contribution in [0.25, 0.3) is 10.9 Å². The van der Waals surface area contributed by atoms with Crippen molar-refractivity contribution in [1.82, 2.24) is 9.55 Å². The van der Waals surface area contributed by atoms with E-state index in [4.69, 9.17) is 9.85 Å². The highest BCUT2D eigenvalue weighted by Gasteiger charge is 2.30. The first-order valence-electron chi connectivity index (χ1n) is 8.10. The number of fused-ring (bicyclic) bond motifs is 1. The lowest BCUT2D eigenvalue weighted by atomic mass is 9.92. The van der Waals surface area contributed by atoms with Crippen molar-refractivity contribution in [1.29, 1.82) is 0 Å². The average molecular weight is 288 g/mol. The minimum atomic E-state index is -2.22. The fourth-order valence-corrected chi connectivity index (χ4v) is 2.49. The third kappa shape index (κ3) is 2.12. The lowest BCUT2D eigenvalue weighted by Crippen LogP contribution is -2.36. The van der Waals surface area contributed by atoms with Gasteiger partial charge in [-0.05, 0) is 25.4 Å². The summed E-state index contributed by atoms with van der Waals surface area (Å²) < 4.78 is 24.6. The van der Waals surface area contributed by atoms with Crippen molar-refractivity contribution in [3.05, 3.63) is 34.4 Å². The van der Waals surface area contributed by atoms with Gasteiger partial charge in [-0.25, -0.2) is 4.98 Å². The van der Waals surface area contributed by atoms with Crippen molar-refractivity contribution >= 4 is 28.2 Å². The summed E-state index contributed by atoms with van der Waals surface area (Å²) in [6.07, 6.45) is -3.12. The molecule has 0 saturated heterocycles. The number of anilines is 1. The van der Waals surface area contributed by atoms with Crippen LogP contribution in [0.15, 0.2) is 23.0 Å². The van der Waals surface area contributed by atoms with Crippen LogP contribution in [0.1, 0.15) is 35.2 Å².